The molecule has 0 unspecified atom stereocenters. The lowest BCUT2D eigenvalue weighted by Crippen LogP contribution is -2.61. The van der Waals surface area contributed by atoms with E-state index < -0.39 is 115 Å². The number of aromatic amines is 1. The number of nitrogens with two attached hydrogens (primary N) is 1. The van der Waals surface area contributed by atoms with Crippen molar-refractivity contribution in [1.29, 1.82) is 0 Å². The molecule has 0 spiro atoms. The van der Waals surface area contributed by atoms with Crippen LogP contribution >= 0.6 is 0 Å². The quantitative estimate of drug-likeness (QED) is 0.0554. The van der Waals surface area contributed by atoms with Gasteiger partial charge < -0.3 is 62.8 Å². The lowest BCUT2D eigenvalue weighted by Gasteiger charge is -2.28. The fourth-order valence-electron chi connectivity index (χ4n) is 5.72. The van der Waals surface area contributed by atoms with Crippen molar-refractivity contribution in [2.75, 3.05) is 0 Å². The number of para-hydroxylation sites is 1. The Bertz CT molecular complexity index is 2020. The van der Waals surface area contributed by atoms with E-state index in [0.717, 1.165) is 0 Å². The molecule has 0 saturated heterocycles. The minimum absolute atomic E-state index is 0.0719. The second-order valence-electron chi connectivity index (χ2n) is 13.6. The lowest BCUT2D eigenvalue weighted by molar-refractivity contribution is -0.143. The molecule has 0 radical (unpaired) electrons. The Morgan fingerprint density at radius 2 is 1.10 bits per heavy atom. The first-order chi connectivity index (χ1) is 27.2. The van der Waals surface area contributed by atoms with Crippen LogP contribution in [-0.4, -0.2) is 120 Å². The molecule has 21 heteroatoms. The molecule has 2 aromatic carbocycles. The average molecular weight is 812 g/mol. The molecule has 0 saturated carbocycles. The molecule has 13 N–H and O–H groups in total. The summed E-state index contributed by atoms with van der Waals surface area (Å²) in [6, 6.07) is 2.49. The van der Waals surface area contributed by atoms with Crippen molar-refractivity contribution < 1.29 is 68.7 Å². The highest BCUT2D eigenvalue weighted by molar-refractivity contribution is 5.98. The standard InChI is InChI=1S/C37H45N7O14/c1-17(2)31(44-35(55)26(15-30(50)51)40-32(52)22(38)13-28(46)47)36(56)42-25(14-29(48)49)34(54)41-24(12-19-16-39-23-6-4-3-5-21(19)23)33(53)43-27(37(57)58)11-18-7-9-20(45)10-8-18/h3-10,16-17,22,24-27,31,39,45H,11-15,38H2,1-2H3,(H,40,52)(H,41,54)(H,42,56)(H,43,53)(H,44,55)(H,46,47)(H,48,49)(H,50,51)(H,57,58)/t22-,24-,25-,26-,27-,31-/m0/s1. The first-order valence-corrected chi connectivity index (χ1v) is 17.7. The Morgan fingerprint density at radius 1 is 0.603 bits per heavy atom. The van der Waals surface area contributed by atoms with E-state index in [-0.39, 0.29) is 18.6 Å². The number of carbonyl (C=O) groups excluding carboxylic acids is 5. The van der Waals surface area contributed by atoms with Crippen LogP contribution in [0.3, 0.4) is 0 Å². The number of carboxylic acids is 4. The lowest BCUT2D eigenvalue weighted by atomic mass is 10.0. The van der Waals surface area contributed by atoms with E-state index in [1.54, 1.807) is 30.5 Å². The molecule has 6 atom stereocenters. The van der Waals surface area contributed by atoms with Crippen molar-refractivity contribution in [3.05, 3.63) is 65.9 Å². The van der Waals surface area contributed by atoms with Gasteiger partial charge in [0.15, 0.2) is 0 Å². The van der Waals surface area contributed by atoms with Crippen LogP contribution in [0.25, 0.3) is 10.9 Å². The number of H-pyrrole nitrogens is 1. The number of phenols is 1. The van der Waals surface area contributed by atoms with Gasteiger partial charge in [-0.2, -0.15) is 0 Å². The second-order valence-corrected chi connectivity index (χ2v) is 13.6. The van der Waals surface area contributed by atoms with E-state index in [1.807, 2.05) is 5.32 Å². The maximum Gasteiger partial charge on any atom is 0.326 e. The number of amides is 5. The summed E-state index contributed by atoms with van der Waals surface area (Å²) in [6.45, 7) is 2.89. The molecule has 0 fully saturated rings. The van der Waals surface area contributed by atoms with Crippen molar-refractivity contribution in [3.8, 4) is 5.75 Å². The molecule has 21 nitrogen and oxygen atoms in total. The summed E-state index contributed by atoms with van der Waals surface area (Å²) in [5.41, 5.74) is 7.15. The molecule has 0 aliphatic rings. The monoisotopic (exact) mass is 811 g/mol. The van der Waals surface area contributed by atoms with E-state index >= 15 is 0 Å². The van der Waals surface area contributed by atoms with Crippen molar-refractivity contribution in [3.63, 3.8) is 0 Å². The molecule has 0 bridgehead atoms. The smallest absolute Gasteiger partial charge is 0.326 e. The number of aliphatic carboxylic acids is 4. The van der Waals surface area contributed by atoms with E-state index in [1.165, 1.54) is 38.1 Å². The van der Waals surface area contributed by atoms with Crippen LogP contribution in [0.4, 0.5) is 0 Å². The maximum absolute atomic E-state index is 13.8. The summed E-state index contributed by atoms with van der Waals surface area (Å²) in [7, 11) is 0. The van der Waals surface area contributed by atoms with Gasteiger partial charge in [0, 0.05) is 29.9 Å². The topological polar surface area (TPSA) is 357 Å². The Labute approximate surface area is 329 Å². The van der Waals surface area contributed by atoms with E-state index in [9.17, 15) is 63.6 Å². The van der Waals surface area contributed by atoms with E-state index in [4.69, 9.17) is 10.8 Å². The zero-order valence-electron chi connectivity index (χ0n) is 31.3. The SMILES string of the molecule is CC(C)[C@H](NC(=O)[C@H](CC(=O)O)NC(=O)[C@@H](N)CC(=O)O)C(=O)N[C@@H](CC(=O)O)C(=O)N[C@@H](Cc1c[nH]c2ccccc12)C(=O)N[C@@H](Cc1ccc(O)cc1)C(=O)O. The molecule has 3 aromatic rings. The van der Waals surface area contributed by atoms with Crippen LogP contribution in [-0.2, 0) is 56.0 Å². The number of hydrogen-bond donors (Lipinski definition) is 12. The van der Waals surface area contributed by atoms with Crippen LogP contribution in [0.5, 0.6) is 5.75 Å². The minimum atomic E-state index is -1.89. The van der Waals surface area contributed by atoms with Crippen LogP contribution < -0.4 is 32.3 Å². The molecule has 1 heterocycles. The predicted octanol–water partition coefficient (Wildman–Crippen LogP) is -1.43. The molecule has 0 aliphatic carbocycles. The highest BCUT2D eigenvalue weighted by Gasteiger charge is 2.35. The van der Waals surface area contributed by atoms with Gasteiger partial charge in [0.1, 0.15) is 36.0 Å². The molecular formula is C37H45N7O14. The molecular weight excluding hydrogens is 766 g/mol. The number of hydrogen-bond acceptors (Lipinski definition) is 11. The third-order valence-electron chi connectivity index (χ3n) is 8.72. The van der Waals surface area contributed by atoms with Crippen molar-refractivity contribution in [2.24, 2.45) is 11.7 Å². The van der Waals surface area contributed by atoms with Gasteiger partial charge in [-0.25, -0.2) is 4.79 Å². The van der Waals surface area contributed by atoms with E-state index in [2.05, 4.69) is 26.3 Å². The molecule has 58 heavy (non-hydrogen) atoms. The van der Waals surface area contributed by atoms with Gasteiger partial charge in [-0.15, -0.1) is 0 Å². The highest BCUT2D eigenvalue weighted by atomic mass is 16.4. The Hall–Kier alpha value is -7.03. The normalized spacial score (nSPS) is 14.1. The fraction of sp³-hybridized carbons (Fsp3) is 0.378. The zero-order valence-corrected chi connectivity index (χ0v) is 31.3. The van der Waals surface area contributed by atoms with Gasteiger partial charge in [-0.3, -0.25) is 38.4 Å². The average Bonchev–Trinajstić information content (AvgIpc) is 3.54. The summed E-state index contributed by atoms with van der Waals surface area (Å²) >= 11 is 0. The number of aromatic nitrogens is 1. The van der Waals surface area contributed by atoms with Crippen LogP contribution in [0.1, 0.15) is 44.2 Å². The van der Waals surface area contributed by atoms with Gasteiger partial charge in [-0.1, -0.05) is 44.2 Å². The molecule has 3 rings (SSSR count). The predicted molar refractivity (Wildman–Crippen MR) is 201 cm³/mol. The third-order valence-corrected chi connectivity index (χ3v) is 8.72. The fourth-order valence-corrected chi connectivity index (χ4v) is 5.72. The van der Waals surface area contributed by atoms with Crippen LogP contribution in [0.15, 0.2) is 54.7 Å². The highest BCUT2D eigenvalue weighted by Crippen LogP contribution is 2.20. The van der Waals surface area contributed by atoms with Gasteiger partial charge >= 0.3 is 23.9 Å². The molecule has 1 aromatic heterocycles. The summed E-state index contributed by atoms with van der Waals surface area (Å²) in [6.07, 6.45) is -1.78. The molecule has 5 amide bonds. The third kappa shape index (κ3) is 13.6. The largest absolute Gasteiger partial charge is 0.508 e. The summed E-state index contributed by atoms with van der Waals surface area (Å²) in [5.74, 6) is -12.5. The Morgan fingerprint density at radius 3 is 1.66 bits per heavy atom. The van der Waals surface area contributed by atoms with Crippen molar-refractivity contribution in [1.82, 2.24) is 31.6 Å². The Kier molecular flexibility index (Phi) is 16.2. The summed E-state index contributed by atoms with van der Waals surface area (Å²) < 4.78 is 0. The first-order valence-electron chi connectivity index (χ1n) is 17.7. The Balaban J connectivity index is 1.88. The number of phenolic OH excluding ortho intramolecular Hbond substituents is 1. The molecule has 0 aliphatic heterocycles. The first kappa shape index (κ1) is 45.4. The number of carbonyl (C=O) groups is 9. The zero-order chi connectivity index (χ0) is 43.3. The minimum Gasteiger partial charge on any atom is -0.508 e. The van der Waals surface area contributed by atoms with Crippen molar-refractivity contribution in [2.45, 2.75) is 82.2 Å². The van der Waals surface area contributed by atoms with Gasteiger partial charge in [-0.05, 0) is 35.2 Å². The molecule has 312 valence electrons. The number of nitrogens with one attached hydrogen (secondary N) is 6. The number of carboxylic acid groups (broad SMARTS) is 4. The van der Waals surface area contributed by atoms with Gasteiger partial charge in [0.25, 0.3) is 0 Å². The van der Waals surface area contributed by atoms with Crippen molar-refractivity contribution >= 4 is 64.3 Å². The van der Waals surface area contributed by atoms with Crippen LogP contribution in [0, 0.1) is 5.92 Å². The second kappa shape index (κ2) is 20.8. The number of aromatic hydroxyl groups is 1. The number of benzene rings is 2. The summed E-state index contributed by atoms with van der Waals surface area (Å²) in [4.78, 5) is 116. The van der Waals surface area contributed by atoms with Gasteiger partial charge in [0.2, 0.25) is 29.5 Å². The number of fused-ring (bicyclic) bond motifs is 1. The summed E-state index contributed by atoms with van der Waals surface area (Å²) in [5, 5.41) is 59.5. The van der Waals surface area contributed by atoms with Gasteiger partial charge in [0.05, 0.1) is 25.3 Å². The van der Waals surface area contributed by atoms with Crippen LogP contribution in [0.2, 0.25) is 0 Å². The van der Waals surface area contributed by atoms with E-state index in [0.29, 0.717) is 22.0 Å². The maximum atomic E-state index is 13.8. The number of rotatable bonds is 22.